The van der Waals surface area contributed by atoms with Crippen LogP contribution in [0, 0.1) is 28.6 Å². The van der Waals surface area contributed by atoms with E-state index in [4.69, 9.17) is 20.5 Å². The van der Waals surface area contributed by atoms with E-state index >= 15 is 0 Å². The van der Waals surface area contributed by atoms with Gasteiger partial charge in [-0.15, -0.1) is 0 Å². The number of sulfonamides is 1. The van der Waals surface area contributed by atoms with Crippen molar-refractivity contribution < 1.29 is 22.5 Å². The molecule has 3 saturated carbocycles. The van der Waals surface area contributed by atoms with Crippen LogP contribution in [-0.4, -0.2) is 63.4 Å². The van der Waals surface area contributed by atoms with Gasteiger partial charge >= 0.3 is 7.12 Å². The molecule has 12 heteroatoms. The van der Waals surface area contributed by atoms with Crippen LogP contribution in [0.15, 0.2) is 0 Å². The summed E-state index contributed by atoms with van der Waals surface area (Å²) in [6, 6.07) is -0.936. The molecule has 0 unspecified atom stereocenters. The smallest absolute Gasteiger partial charge is 0.404 e. The van der Waals surface area contributed by atoms with Crippen LogP contribution < -0.4 is 21.1 Å². The van der Waals surface area contributed by atoms with E-state index in [2.05, 4.69) is 56.9 Å². The van der Waals surface area contributed by atoms with Gasteiger partial charge in [-0.25, -0.2) is 13.1 Å². The molecule has 3 aliphatic carbocycles. The monoisotopic (exact) mass is 597 g/mol. The maximum Gasteiger partial charge on any atom is 0.481 e. The first kappa shape index (κ1) is 34.1. The number of guanidine groups is 1. The average Bonchev–Trinajstić information content (AvgIpc) is 3.24. The van der Waals surface area contributed by atoms with Crippen molar-refractivity contribution in [1.29, 1.82) is 5.41 Å². The molecule has 0 aromatic heterocycles. The summed E-state index contributed by atoms with van der Waals surface area (Å²) in [6.45, 7) is 13.5. The van der Waals surface area contributed by atoms with Gasteiger partial charge in [-0.1, -0.05) is 66.7 Å². The lowest BCUT2D eigenvalue weighted by Crippen LogP contribution is -2.65. The van der Waals surface area contributed by atoms with E-state index in [-0.39, 0.29) is 47.1 Å². The SMILES string of the molecule is CCCCCCCCS(=O)(=O)N[C@@H](CCCNC(=N)N)C(=O)N[C@@H](CC(C)C)B1O[C@@H]2C[C@@H]3C[C@@H](C3(C)C)[C@]2(C)O1. The molecule has 4 rings (SSSR count). The summed E-state index contributed by atoms with van der Waals surface area (Å²) < 4.78 is 41.9. The van der Waals surface area contributed by atoms with E-state index in [1.165, 1.54) is 0 Å². The minimum atomic E-state index is -3.65. The summed E-state index contributed by atoms with van der Waals surface area (Å²) in [4.78, 5) is 13.7. The molecule has 0 spiro atoms. The highest BCUT2D eigenvalue weighted by Crippen LogP contribution is 2.65. The van der Waals surface area contributed by atoms with E-state index in [1.807, 2.05) is 0 Å². The number of hydrogen-bond acceptors (Lipinski definition) is 6. The van der Waals surface area contributed by atoms with Crippen molar-refractivity contribution in [2.24, 2.45) is 28.9 Å². The second kappa shape index (κ2) is 14.4. The Morgan fingerprint density at radius 2 is 1.78 bits per heavy atom. The van der Waals surface area contributed by atoms with Crippen molar-refractivity contribution in [3.63, 3.8) is 0 Å². The van der Waals surface area contributed by atoms with Crippen LogP contribution in [0.1, 0.15) is 112 Å². The molecule has 2 bridgehead atoms. The van der Waals surface area contributed by atoms with Gasteiger partial charge < -0.3 is 25.7 Å². The predicted octanol–water partition coefficient (Wildman–Crippen LogP) is 3.70. The third kappa shape index (κ3) is 8.83. The number of unbranched alkanes of at least 4 members (excludes halogenated alkanes) is 5. The quantitative estimate of drug-likeness (QED) is 0.0698. The summed E-state index contributed by atoms with van der Waals surface area (Å²) in [6.07, 6.45) is 9.36. The minimum Gasteiger partial charge on any atom is -0.404 e. The Bertz CT molecular complexity index is 996. The second-order valence-corrected chi connectivity index (χ2v) is 15.7. The van der Waals surface area contributed by atoms with Gasteiger partial charge in [0, 0.05) is 6.54 Å². The van der Waals surface area contributed by atoms with E-state index < -0.39 is 29.1 Å². The fraction of sp³-hybridized carbons (Fsp3) is 0.931. The Labute approximate surface area is 249 Å². The highest BCUT2D eigenvalue weighted by molar-refractivity contribution is 7.89. The largest absolute Gasteiger partial charge is 0.481 e. The lowest BCUT2D eigenvalue weighted by atomic mass is 9.43. The molecule has 0 aromatic carbocycles. The van der Waals surface area contributed by atoms with Crippen molar-refractivity contribution in [2.45, 2.75) is 136 Å². The van der Waals surface area contributed by atoms with E-state index in [0.717, 1.165) is 44.9 Å². The molecule has 0 radical (unpaired) electrons. The van der Waals surface area contributed by atoms with Crippen LogP contribution in [0.4, 0.5) is 0 Å². The lowest BCUT2D eigenvalue weighted by Gasteiger charge is -2.64. The second-order valence-electron chi connectivity index (χ2n) is 13.8. The highest BCUT2D eigenvalue weighted by atomic mass is 32.2. The minimum absolute atomic E-state index is 0.000112. The number of nitrogens with one attached hydrogen (secondary N) is 4. The Morgan fingerprint density at radius 3 is 2.41 bits per heavy atom. The maximum absolute atomic E-state index is 13.7. The molecule has 10 nitrogen and oxygen atoms in total. The number of carbonyl (C=O) groups is 1. The molecular weight excluding hydrogens is 541 g/mol. The summed E-state index contributed by atoms with van der Waals surface area (Å²) in [5.74, 6) is 0.383. The first-order valence-electron chi connectivity index (χ1n) is 15.9. The molecule has 1 saturated heterocycles. The van der Waals surface area contributed by atoms with Crippen LogP contribution >= 0.6 is 0 Å². The van der Waals surface area contributed by atoms with Crippen LogP contribution in [0.5, 0.6) is 0 Å². The normalized spacial score (nSPS) is 28.1. The first-order valence-corrected chi connectivity index (χ1v) is 17.6. The molecule has 4 aliphatic rings. The molecule has 1 amide bonds. The zero-order valence-corrected chi connectivity index (χ0v) is 27.1. The number of carbonyl (C=O) groups excluding carboxylic acids is 1. The van der Waals surface area contributed by atoms with Crippen molar-refractivity contribution in [3.05, 3.63) is 0 Å². The third-order valence-electron chi connectivity index (χ3n) is 9.74. The zero-order chi connectivity index (χ0) is 30.4. The average molecular weight is 598 g/mol. The van der Waals surface area contributed by atoms with Crippen molar-refractivity contribution in [3.8, 4) is 0 Å². The fourth-order valence-corrected chi connectivity index (χ4v) is 8.58. The predicted molar refractivity (Wildman–Crippen MR) is 165 cm³/mol. The molecule has 0 aromatic rings. The van der Waals surface area contributed by atoms with Gasteiger partial charge in [0.25, 0.3) is 0 Å². The van der Waals surface area contributed by atoms with Crippen molar-refractivity contribution >= 4 is 29.0 Å². The van der Waals surface area contributed by atoms with Gasteiger partial charge in [0.2, 0.25) is 15.9 Å². The number of amides is 1. The molecule has 6 N–H and O–H groups in total. The van der Waals surface area contributed by atoms with Crippen molar-refractivity contribution in [1.82, 2.24) is 15.4 Å². The molecule has 4 fully saturated rings. The topological polar surface area (TPSA) is 156 Å². The van der Waals surface area contributed by atoms with Gasteiger partial charge in [-0.3, -0.25) is 10.2 Å². The molecule has 1 heterocycles. The summed E-state index contributed by atoms with van der Waals surface area (Å²) >= 11 is 0. The molecule has 236 valence electrons. The summed E-state index contributed by atoms with van der Waals surface area (Å²) in [5.41, 5.74) is 5.22. The highest BCUT2D eigenvalue weighted by Gasteiger charge is 2.68. The Hall–Kier alpha value is -1.37. The number of hydrogen-bond donors (Lipinski definition) is 5. The Kier molecular flexibility index (Phi) is 12.0. The van der Waals surface area contributed by atoms with Gasteiger partial charge in [0.1, 0.15) is 6.04 Å². The first-order chi connectivity index (χ1) is 19.2. The van der Waals surface area contributed by atoms with Crippen molar-refractivity contribution in [2.75, 3.05) is 12.3 Å². The van der Waals surface area contributed by atoms with Crippen LogP contribution in [0.25, 0.3) is 0 Å². The van der Waals surface area contributed by atoms with Gasteiger partial charge in [0.15, 0.2) is 5.96 Å². The number of nitrogens with two attached hydrogens (primary N) is 1. The van der Waals surface area contributed by atoms with E-state index in [9.17, 15) is 13.2 Å². The standard InChI is InChI=1S/C29H56BN5O5S/c1-7-8-9-10-11-12-16-41(37,38)35-22(14-13-15-33-27(31)32)26(36)34-25(17-20(2)3)30-39-24-19-21-18-23(28(21,4)5)29(24,6)40-30/h20-25,35H,7-19H2,1-6H3,(H,34,36)(H4,31,32,33)/t21-,22-,23-,24+,25-,29-/m0/s1. The fourth-order valence-electron chi connectivity index (χ4n) is 7.22. The van der Waals surface area contributed by atoms with E-state index in [0.29, 0.717) is 37.6 Å². The lowest BCUT2D eigenvalue weighted by molar-refractivity contribution is -0.199. The third-order valence-corrected chi connectivity index (χ3v) is 11.2. The van der Waals surface area contributed by atoms with Crippen LogP contribution in [-0.2, 0) is 24.1 Å². The molecule has 41 heavy (non-hydrogen) atoms. The summed E-state index contributed by atoms with van der Waals surface area (Å²) in [7, 11) is -4.23. The van der Waals surface area contributed by atoms with Gasteiger partial charge in [-0.05, 0) is 68.6 Å². The Balaban J connectivity index is 1.67. The number of rotatable bonds is 18. The molecular formula is C29H56BN5O5S. The van der Waals surface area contributed by atoms with Gasteiger partial charge in [-0.2, -0.15) is 0 Å². The van der Waals surface area contributed by atoms with Crippen LogP contribution in [0.2, 0.25) is 0 Å². The molecule has 1 aliphatic heterocycles. The zero-order valence-electron chi connectivity index (χ0n) is 26.3. The van der Waals surface area contributed by atoms with Gasteiger partial charge in [0.05, 0.1) is 23.4 Å². The van der Waals surface area contributed by atoms with Crippen LogP contribution in [0.3, 0.4) is 0 Å². The maximum atomic E-state index is 13.7. The Morgan fingerprint density at radius 1 is 1.10 bits per heavy atom. The summed E-state index contributed by atoms with van der Waals surface area (Å²) in [5, 5.41) is 13.2. The molecule has 6 atom stereocenters. The van der Waals surface area contributed by atoms with E-state index in [1.54, 1.807) is 0 Å².